The van der Waals surface area contributed by atoms with E-state index in [1.54, 1.807) is 0 Å². The fourth-order valence-corrected chi connectivity index (χ4v) is 2.42. The van der Waals surface area contributed by atoms with Crippen LogP contribution in [-0.4, -0.2) is 23.0 Å². The van der Waals surface area contributed by atoms with Crippen molar-refractivity contribution >= 4 is 21.8 Å². The van der Waals surface area contributed by atoms with Crippen LogP contribution in [0.25, 0.3) is 0 Å². The highest BCUT2D eigenvalue weighted by Crippen LogP contribution is 2.13. The summed E-state index contributed by atoms with van der Waals surface area (Å²) in [6.07, 6.45) is 0. The first-order valence-corrected chi connectivity index (χ1v) is 7.37. The van der Waals surface area contributed by atoms with Gasteiger partial charge in [0.2, 0.25) is 0 Å². The molecule has 0 saturated heterocycles. The van der Waals surface area contributed by atoms with Gasteiger partial charge in [0.15, 0.2) is 5.84 Å². The molecule has 110 valence electrons. The Bertz CT molecular complexity index is 626. The van der Waals surface area contributed by atoms with Crippen molar-refractivity contribution in [3.8, 4) is 0 Å². The van der Waals surface area contributed by atoms with E-state index in [9.17, 15) is 0 Å². The maximum atomic E-state index is 8.73. The van der Waals surface area contributed by atoms with Crippen molar-refractivity contribution in [2.45, 2.75) is 13.1 Å². The molecule has 0 fully saturated rings. The maximum absolute atomic E-state index is 8.73. The molecule has 0 heterocycles. The molecule has 3 N–H and O–H groups in total. The molecule has 4 nitrogen and oxygen atoms in total. The molecule has 0 unspecified atom stereocenters. The van der Waals surface area contributed by atoms with Crippen LogP contribution in [0, 0.1) is 0 Å². The highest BCUT2D eigenvalue weighted by Gasteiger charge is 2.05. The zero-order valence-corrected chi connectivity index (χ0v) is 13.4. The lowest BCUT2D eigenvalue weighted by Gasteiger charge is -2.17. The maximum Gasteiger partial charge on any atom is 0.170 e. The Morgan fingerprint density at radius 2 is 1.81 bits per heavy atom. The normalized spacial score (nSPS) is 11.9. The zero-order chi connectivity index (χ0) is 15.2. The van der Waals surface area contributed by atoms with Crippen LogP contribution < -0.4 is 5.73 Å². The minimum Gasteiger partial charge on any atom is -0.409 e. The topological polar surface area (TPSA) is 61.8 Å². The van der Waals surface area contributed by atoms with Gasteiger partial charge in [0.05, 0.1) is 0 Å². The van der Waals surface area contributed by atoms with Crippen LogP contribution in [0.4, 0.5) is 0 Å². The van der Waals surface area contributed by atoms with Gasteiger partial charge in [-0.1, -0.05) is 51.4 Å². The van der Waals surface area contributed by atoms with Gasteiger partial charge in [0.1, 0.15) is 0 Å². The van der Waals surface area contributed by atoms with E-state index in [1.165, 1.54) is 5.56 Å². The van der Waals surface area contributed by atoms with Crippen LogP contribution in [0.3, 0.4) is 0 Å². The van der Waals surface area contributed by atoms with Gasteiger partial charge in [-0.3, -0.25) is 4.90 Å². The number of nitrogens with zero attached hydrogens (tertiary/aromatic N) is 2. The van der Waals surface area contributed by atoms with Crippen LogP contribution in [0.2, 0.25) is 0 Å². The quantitative estimate of drug-likeness (QED) is 0.378. The van der Waals surface area contributed by atoms with E-state index in [0.717, 1.165) is 28.7 Å². The van der Waals surface area contributed by atoms with Crippen molar-refractivity contribution in [1.29, 1.82) is 0 Å². The summed E-state index contributed by atoms with van der Waals surface area (Å²) < 4.78 is 1.08. The lowest BCUT2D eigenvalue weighted by molar-refractivity contribution is 0.318. The van der Waals surface area contributed by atoms with Crippen molar-refractivity contribution in [3.05, 3.63) is 69.7 Å². The Morgan fingerprint density at radius 1 is 1.14 bits per heavy atom. The summed E-state index contributed by atoms with van der Waals surface area (Å²) >= 11 is 3.44. The zero-order valence-electron chi connectivity index (χ0n) is 11.8. The molecule has 2 rings (SSSR count). The molecule has 21 heavy (non-hydrogen) atoms. The van der Waals surface area contributed by atoms with Gasteiger partial charge < -0.3 is 10.9 Å². The minimum atomic E-state index is 0.132. The standard InChI is InChI=1S/C16H18BrN3O/c1-20(10-12-5-7-15(17)8-6-12)11-13-3-2-4-14(9-13)16(18)19-21/h2-9,21H,10-11H2,1H3,(H2,18,19). The van der Waals surface area contributed by atoms with Gasteiger partial charge in [0, 0.05) is 23.1 Å². The van der Waals surface area contributed by atoms with E-state index in [-0.39, 0.29) is 5.84 Å². The van der Waals surface area contributed by atoms with E-state index < -0.39 is 0 Å². The number of halogens is 1. The van der Waals surface area contributed by atoms with Crippen LogP contribution in [-0.2, 0) is 13.1 Å². The van der Waals surface area contributed by atoms with E-state index in [0.29, 0.717) is 0 Å². The molecule has 0 bridgehead atoms. The van der Waals surface area contributed by atoms with Crippen LogP contribution in [0.15, 0.2) is 58.2 Å². The van der Waals surface area contributed by atoms with Gasteiger partial charge in [-0.15, -0.1) is 0 Å². The Hall–Kier alpha value is -1.85. The molecule has 5 heteroatoms. The SMILES string of the molecule is CN(Cc1ccc(Br)cc1)Cc1cccc(C(N)=NO)c1. The van der Waals surface area contributed by atoms with Gasteiger partial charge in [-0.25, -0.2) is 0 Å². The van der Waals surface area contributed by atoms with Crippen molar-refractivity contribution < 1.29 is 5.21 Å². The summed E-state index contributed by atoms with van der Waals surface area (Å²) in [7, 11) is 2.07. The molecule has 0 spiro atoms. The lowest BCUT2D eigenvalue weighted by atomic mass is 10.1. The summed E-state index contributed by atoms with van der Waals surface area (Å²) in [5.74, 6) is 0.132. The van der Waals surface area contributed by atoms with E-state index in [1.807, 2.05) is 36.4 Å². The van der Waals surface area contributed by atoms with Crippen LogP contribution in [0.5, 0.6) is 0 Å². The van der Waals surface area contributed by atoms with E-state index >= 15 is 0 Å². The first kappa shape index (κ1) is 15.5. The third-order valence-electron chi connectivity index (χ3n) is 3.15. The molecule has 0 aliphatic carbocycles. The average molecular weight is 348 g/mol. The molecule has 0 saturated carbocycles. The van der Waals surface area contributed by atoms with Gasteiger partial charge in [-0.05, 0) is 36.4 Å². The number of amidine groups is 1. The lowest BCUT2D eigenvalue weighted by Crippen LogP contribution is -2.18. The summed E-state index contributed by atoms with van der Waals surface area (Å²) in [6, 6.07) is 16.0. The molecule has 0 aliphatic rings. The predicted molar refractivity (Wildman–Crippen MR) is 88.3 cm³/mol. The second-order valence-corrected chi connectivity index (χ2v) is 5.90. The number of hydrogen-bond acceptors (Lipinski definition) is 3. The van der Waals surface area contributed by atoms with Crippen molar-refractivity contribution in [2.24, 2.45) is 10.9 Å². The molecular weight excluding hydrogens is 330 g/mol. The summed E-state index contributed by atoms with van der Waals surface area (Å²) in [4.78, 5) is 2.22. The number of hydrogen-bond donors (Lipinski definition) is 2. The Morgan fingerprint density at radius 3 is 2.48 bits per heavy atom. The van der Waals surface area contributed by atoms with E-state index in [4.69, 9.17) is 10.9 Å². The third-order valence-corrected chi connectivity index (χ3v) is 3.68. The number of nitrogens with two attached hydrogens (primary N) is 1. The third kappa shape index (κ3) is 4.58. The first-order valence-electron chi connectivity index (χ1n) is 6.58. The highest BCUT2D eigenvalue weighted by atomic mass is 79.9. The van der Waals surface area contributed by atoms with Gasteiger partial charge in [-0.2, -0.15) is 0 Å². The first-order chi connectivity index (χ1) is 10.1. The molecule has 0 amide bonds. The minimum absolute atomic E-state index is 0.132. The summed E-state index contributed by atoms with van der Waals surface area (Å²) in [5.41, 5.74) is 8.72. The van der Waals surface area contributed by atoms with Gasteiger partial charge in [0.25, 0.3) is 0 Å². The summed E-state index contributed by atoms with van der Waals surface area (Å²) in [5, 5.41) is 11.8. The summed E-state index contributed by atoms with van der Waals surface area (Å²) in [6.45, 7) is 1.66. The average Bonchev–Trinajstić information content (AvgIpc) is 2.49. The number of oxime groups is 1. The second kappa shape index (κ2) is 7.24. The molecule has 2 aromatic carbocycles. The van der Waals surface area contributed by atoms with Crippen molar-refractivity contribution in [2.75, 3.05) is 7.05 Å². The molecule has 0 atom stereocenters. The highest BCUT2D eigenvalue weighted by molar-refractivity contribution is 9.10. The molecule has 0 aromatic heterocycles. The fraction of sp³-hybridized carbons (Fsp3) is 0.188. The predicted octanol–water partition coefficient (Wildman–Crippen LogP) is 3.18. The molecular formula is C16H18BrN3O. The molecule has 0 radical (unpaired) electrons. The van der Waals surface area contributed by atoms with Gasteiger partial charge >= 0.3 is 0 Å². The Balaban J connectivity index is 2.02. The van der Waals surface area contributed by atoms with Crippen molar-refractivity contribution in [3.63, 3.8) is 0 Å². The van der Waals surface area contributed by atoms with E-state index in [2.05, 4.69) is 45.2 Å². The molecule has 2 aromatic rings. The number of rotatable bonds is 5. The largest absolute Gasteiger partial charge is 0.409 e. The monoisotopic (exact) mass is 347 g/mol. The number of benzene rings is 2. The second-order valence-electron chi connectivity index (χ2n) is 4.98. The van der Waals surface area contributed by atoms with Crippen LogP contribution in [0.1, 0.15) is 16.7 Å². The smallest absolute Gasteiger partial charge is 0.170 e. The Kier molecular flexibility index (Phi) is 5.36. The van der Waals surface area contributed by atoms with Crippen molar-refractivity contribution in [1.82, 2.24) is 4.90 Å². The van der Waals surface area contributed by atoms with Crippen LogP contribution >= 0.6 is 15.9 Å². The Labute approximate surface area is 133 Å². The fourth-order valence-electron chi connectivity index (χ4n) is 2.16. The molecule has 0 aliphatic heterocycles.